The van der Waals surface area contributed by atoms with Crippen molar-refractivity contribution in [1.82, 2.24) is 0 Å². The minimum Gasteiger partial charge on any atom is -0.495 e. The molecular formula is C18H27NO. The average Bonchev–Trinajstić information content (AvgIpc) is 2.86. The summed E-state index contributed by atoms with van der Waals surface area (Å²) in [4.78, 5) is 0. The Bertz CT molecular complexity index is 517. The summed E-state index contributed by atoms with van der Waals surface area (Å²) < 4.78 is 5.53. The third-order valence-electron chi connectivity index (χ3n) is 5.92. The number of fused-ring (bicyclic) bond motifs is 2. The molecule has 2 fully saturated rings. The van der Waals surface area contributed by atoms with Gasteiger partial charge in [-0.05, 0) is 60.6 Å². The molecule has 20 heavy (non-hydrogen) atoms. The zero-order chi connectivity index (χ0) is 14.5. The molecule has 0 saturated heterocycles. The first-order chi connectivity index (χ1) is 9.37. The van der Waals surface area contributed by atoms with Gasteiger partial charge in [0, 0.05) is 6.04 Å². The van der Waals surface area contributed by atoms with Gasteiger partial charge in [0.15, 0.2) is 0 Å². The summed E-state index contributed by atoms with van der Waals surface area (Å²) >= 11 is 0. The number of ether oxygens (including phenoxy) is 1. The first-order valence-electron chi connectivity index (χ1n) is 7.78. The van der Waals surface area contributed by atoms with Crippen molar-refractivity contribution in [3.63, 3.8) is 0 Å². The lowest BCUT2D eigenvalue weighted by molar-refractivity contribution is 0.155. The third-order valence-corrected chi connectivity index (χ3v) is 5.92. The van der Waals surface area contributed by atoms with Crippen LogP contribution in [-0.2, 0) is 0 Å². The monoisotopic (exact) mass is 273 g/mol. The summed E-state index contributed by atoms with van der Waals surface area (Å²) in [5, 5.41) is 3.84. The molecule has 0 radical (unpaired) electrons. The van der Waals surface area contributed by atoms with Crippen LogP contribution in [0.1, 0.15) is 45.6 Å². The number of benzene rings is 1. The molecule has 2 aliphatic carbocycles. The molecule has 3 rings (SSSR count). The van der Waals surface area contributed by atoms with E-state index in [0.717, 1.165) is 17.4 Å². The Morgan fingerprint density at radius 2 is 2.00 bits per heavy atom. The van der Waals surface area contributed by atoms with Gasteiger partial charge in [0.1, 0.15) is 5.75 Å². The Balaban J connectivity index is 1.93. The van der Waals surface area contributed by atoms with Crippen LogP contribution in [0.15, 0.2) is 18.2 Å². The molecule has 3 atom stereocenters. The molecule has 0 aromatic heterocycles. The molecule has 2 nitrogen and oxygen atoms in total. The Labute approximate surface area is 122 Å². The van der Waals surface area contributed by atoms with Gasteiger partial charge in [0.2, 0.25) is 0 Å². The Morgan fingerprint density at radius 3 is 2.60 bits per heavy atom. The number of methoxy groups -OCH3 is 1. The highest BCUT2D eigenvalue weighted by molar-refractivity contribution is 5.59. The molecule has 0 amide bonds. The van der Waals surface area contributed by atoms with E-state index in [-0.39, 0.29) is 0 Å². The molecule has 1 unspecified atom stereocenters. The number of nitrogens with one attached hydrogen (secondary N) is 1. The second-order valence-corrected chi connectivity index (χ2v) is 7.70. The lowest BCUT2D eigenvalue weighted by Gasteiger charge is -2.43. The second kappa shape index (κ2) is 4.41. The standard InChI is InChI=1S/C18H27NO/c1-12-6-7-15(20-5)14(10-12)19-16-17(2,3)13-8-9-18(16,4)11-13/h6-7,10,13,16,19H,8-9,11H2,1-5H3/t13-,16?,18+/m0/s1. The van der Waals surface area contributed by atoms with Gasteiger partial charge < -0.3 is 10.1 Å². The zero-order valence-corrected chi connectivity index (χ0v) is 13.4. The predicted molar refractivity (Wildman–Crippen MR) is 84.4 cm³/mol. The first kappa shape index (κ1) is 13.8. The van der Waals surface area contributed by atoms with Gasteiger partial charge in [0.25, 0.3) is 0 Å². The molecule has 1 aromatic rings. The van der Waals surface area contributed by atoms with Crippen molar-refractivity contribution >= 4 is 5.69 Å². The largest absolute Gasteiger partial charge is 0.495 e. The fraction of sp³-hybridized carbons (Fsp3) is 0.667. The molecule has 110 valence electrons. The van der Waals surface area contributed by atoms with Crippen molar-refractivity contribution in [2.24, 2.45) is 16.7 Å². The maximum absolute atomic E-state index is 5.53. The number of hydrogen-bond donors (Lipinski definition) is 1. The van der Waals surface area contributed by atoms with Crippen LogP contribution in [0.3, 0.4) is 0 Å². The zero-order valence-electron chi connectivity index (χ0n) is 13.4. The first-order valence-corrected chi connectivity index (χ1v) is 7.78. The highest BCUT2D eigenvalue weighted by Crippen LogP contribution is 2.63. The maximum Gasteiger partial charge on any atom is 0.141 e. The topological polar surface area (TPSA) is 21.3 Å². The minimum atomic E-state index is 0.363. The Hall–Kier alpha value is -1.18. The predicted octanol–water partition coefficient (Wildman–Crippen LogP) is 4.63. The normalized spacial score (nSPS) is 34.2. The quantitative estimate of drug-likeness (QED) is 0.867. The van der Waals surface area contributed by atoms with E-state index in [1.165, 1.54) is 24.8 Å². The molecule has 1 N–H and O–H groups in total. The van der Waals surface area contributed by atoms with Crippen molar-refractivity contribution in [1.29, 1.82) is 0 Å². The average molecular weight is 273 g/mol. The number of hydrogen-bond acceptors (Lipinski definition) is 2. The molecule has 2 heteroatoms. The second-order valence-electron chi connectivity index (χ2n) is 7.70. The summed E-state index contributed by atoms with van der Waals surface area (Å²) in [5.74, 6) is 1.82. The highest BCUT2D eigenvalue weighted by Gasteiger charge is 2.59. The van der Waals surface area contributed by atoms with E-state index in [0.29, 0.717) is 16.9 Å². The van der Waals surface area contributed by atoms with Crippen LogP contribution in [0.2, 0.25) is 0 Å². The van der Waals surface area contributed by atoms with E-state index >= 15 is 0 Å². The molecule has 0 heterocycles. The smallest absolute Gasteiger partial charge is 0.141 e. The van der Waals surface area contributed by atoms with Gasteiger partial charge in [-0.1, -0.05) is 26.8 Å². The highest BCUT2D eigenvalue weighted by atomic mass is 16.5. The van der Waals surface area contributed by atoms with E-state index in [9.17, 15) is 0 Å². The fourth-order valence-corrected chi connectivity index (χ4v) is 4.75. The van der Waals surface area contributed by atoms with Crippen molar-refractivity contribution in [3.05, 3.63) is 23.8 Å². The van der Waals surface area contributed by atoms with E-state index in [1.54, 1.807) is 7.11 Å². The van der Waals surface area contributed by atoms with Gasteiger partial charge in [-0.3, -0.25) is 0 Å². The van der Waals surface area contributed by atoms with Gasteiger partial charge in [0.05, 0.1) is 12.8 Å². The lowest BCUT2D eigenvalue weighted by atomic mass is 9.68. The summed E-state index contributed by atoms with van der Waals surface area (Å²) in [6, 6.07) is 6.92. The van der Waals surface area contributed by atoms with Crippen LogP contribution < -0.4 is 10.1 Å². The van der Waals surface area contributed by atoms with Crippen LogP contribution in [0, 0.1) is 23.7 Å². The third kappa shape index (κ3) is 1.92. The van der Waals surface area contributed by atoms with E-state index in [1.807, 2.05) is 0 Å². The Morgan fingerprint density at radius 1 is 1.25 bits per heavy atom. The molecular weight excluding hydrogens is 246 g/mol. The number of anilines is 1. The SMILES string of the molecule is COc1ccc(C)cc1NC1C(C)(C)[C@H]2CC[C@]1(C)C2. The minimum absolute atomic E-state index is 0.363. The van der Waals surface area contributed by atoms with E-state index in [2.05, 4.69) is 51.2 Å². The van der Waals surface area contributed by atoms with Gasteiger partial charge in [-0.15, -0.1) is 0 Å². The molecule has 2 bridgehead atoms. The maximum atomic E-state index is 5.53. The van der Waals surface area contributed by atoms with Crippen molar-refractivity contribution < 1.29 is 4.74 Å². The van der Waals surface area contributed by atoms with Crippen LogP contribution in [0.25, 0.3) is 0 Å². The summed E-state index contributed by atoms with van der Waals surface area (Å²) in [6.45, 7) is 9.46. The molecule has 2 aliphatic rings. The molecule has 2 saturated carbocycles. The lowest BCUT2D eigenvalue weighted by Crippen LogP contribution is -2.45. The van der Waals surface area contributed by atoms with Crippen molar-refractivity contribution in [2.45, 2.75) is 53.0 Å². The summed E-state index contributed by atoms with van der Waals surface area (Å²) in [6.07, 6.45) is 4.12. The fourth-order valence-electron chi connectivity index (χ4n) is 4.75. The van der Waals surface area contributed by atoms with Crippen LogP contribution >= 0.6 is 0 Å². The summed E-state index contributed by atoms with van der Waals surface area (Å²) in [5.41, 5.74) is 3.23. The van der Waals surface area contributed by atoms with Gasteiger partial charge in [-0.25, -0.2) is 0 Å². The molecule has 1 aromatic carbocycles. The van der Waals surface area contributed by atoms with Crippen LogP contribution in [0.5, 0.6) is 5.75 Å². The molecule has 0 spiro atoms. The number of rotatable bonds is 3. The van der Waals surface area contributed by atoms with Crippen molar-refractivity contribution in [3.8, 4) is 5.75 Å². The van der Waals surface area contributed by atoms with E-state index < -0.39 is 0 Å². The number of aryl methyl sites for hydroxylation is 1. The van der Waals surface area contributed by atoms with Gasteiger partial charge in [-0.2, -0.15) is 0 Å². The van der Waals surface area contributed by atoms with E-state index in [4.69, 9.17) is 4.74 Å². The summed E-state index contributed by atoms with van der Waals surface area (Å²) in [7, 11) is 1.75. The van der Waals surface area contributed by atoms with Crippen molar-refractivity contribution in [2.75, 3.05) is 12.4 Å². The van der Waals surface area contributed by atoms with Gasteiger partial charge >= 0.3 is 0 Å². The van der Waals surface area contributed by atoms with Crippen LogP contribution in [-0.4, -0.2) is 13.2 Å². The molecule has 0 aliphatic heterocycles. The Kier molecular flexibility index (Phi) is 3.04. The van der Waals surface area contributed by atoms with Crippen LogP contribution in [0.4, 0.5) is 5.69 Å².